The van der Waals surface area contributed by atoms with Gasteiger partial charge in [-0.15, -0.1) is 0 Å². The molecule has 0 bridgehead atoms. The molecule has 1 aromatic carbocycles. The highest BCUT2D eigenvalue weighted by Crippen LogP contribution is 2.41. The van der Waals surface area contributed by atoms with Crippen LogP contribution in [0.3, 0.4) is 0 Å². The zero-order valence-electron chi connectivity index (χ0n) is 12.9. The second-order valence-electron chi connectivity index (χ2n) is 6.93. The van der Waals surface area contributed by atoms with Crippen LogP contribution < -0.4 is 11.1 Å². The van der Waals surface area contributed by atoms with Gasteiger partial charge in [-0.1, -0.05) is 43.2 Å². The number of guanidine groups is 1. The fraction of sp³-hybridized carbons (Fsp3) is 0.588. The van der Waals surface area contributed by atoms with Gasteiger partial charge in [-0.25, -0.2) is 0 Å². The summed E-state index contributed by atoms with van der Waals surface area (Å²) in [4.78, 5) is 4.62. The van der Waals surface area contributed by atoms with Crippen molar-refractivity contribution in [1.29, 1.82) is 0 Å². The number of hydrogen-bond donors (Lipinski definition) is 2. The van der Waals surface area contributed by atoms with Crippen LogP contribution in [-0.2, 0) is 5.41 Å². The SMILES string of the molecule is CC(C)(C)NC(N)=NCC1(c2ccccc2)CCCC1. The number of aliphatic imine (C=N–C) groups is 1. The van der Waals surface area contributed by atoms with Crippen LogP contribution in [0.2, 0.25) is 0 Å². The Kier molecular flexibility index (Phi) is 4.36. The van der Waals surface area contributed by atoms with Gasteiger partial charge < -0.3 is 11.1 Å². The van der Waals surface area contributed by atoms with E-state index in [1.165, 1.54) is 31.2 Å². The highest BCUT2D eigenvalue weighted by atomic mass is 15.1. The summed E-state index contributed by atoms with van der Waals surface area (Å²) < 4.78 is 0. The second kappa shape index (κ2) is 5.86. The maximum atomic E-state index is 6.01. The summed E-state index contributed by atoms with van der Waals surface area (Å²) >= 11 is 0. The Hall–Kier alpha value is -1.51. The third kappa shape index (κ3) is 3.75. The Balaban J connectivity index is 2.13. The number of nitrogens with one attached hydrogen (secondary N) is 1. The fourth-order valence-electron chi connectivity index (χ4n) is 3.04. The monoisotopic (exact) mass is 273 g/mol. The molecule has 1 saturated carbocycles. The summed E-state index contributed by atoms with van der Waals surface area (Å²) in [6.45, 7) is 7.07. The molecule has 0 atom stereocenters. The third-order valence-corrected chi connectivity index (χ3v) is 4.00. The molecule has 3 nitrogen and oxygen atoms in total. The molecule has 0 aliphatic heterocycles. The Morgan fingerprint density at radius 1 is 1.20 bits per heavy atom. The molecule has 20 heavy (non-hydrogen) atoms. The molecule has 1 aromatic rings. The first kappa shape index (κ1) is 14.9. The lowest BCUT2D eigenvalue weighted by atomic mass is 9.79. The van der Waals surface area contributed by atoms with E-state index in [9.17, 15) is 0 Å². The molecular formula is C17H27N3. The predicted octanol–water partition coefficient (Wildman–Crippen LogP) is 3.20. The first-order chi connectivity index (χ1) is 9.41. The van der Waals surface area contributed by atoms with Gasteiger partial charge in [0.1, 0.15) is 0 Å². The first-order valence-corrected chi connectivity index (χ1v) is 7.55. The molecule has 0 spiro atoms. The fourth-order valence-corrected chi connectivity index (χ4v) is 3.04. The highest BCUT2D eigenvalue weighted by molar-refractivity contribution is 5.78. The minimum Gasteiger partial charge on any atom is -0.370 e. The zero-order valence-corrected chi connectivity index (χ0v) is 12.9. The van der Waals surface area contributed by atoms with Crippen LogP contribution in [0.5, 0.6) is 0 Å². The van der Waals surface area contributed by atoms with Crippen LogP contribution in [0.1, 0.15) is 52.0 Å². The van der Waals surface area contributed by atoms with Crippen LogP contribution in [-0.4, -0.2) is 18.0 Å². The average molecular weight is 273 g/mol. The quantitative estimate of drug-likeness (QED) is 0.656. The number of hydrogen-bond acceptors (Lipinski definition) is 1. The van der Waals surface area contributed by atoms with Crippen molar-refractivity contribution in [2.45, 2.75) is 57.4 Å². The van der Waals surface area contributed by atoms with Crippen LogP contribution in [0.25, 0.3) is 0 Å². The summed E-state index contributed by atoms with van der Waals surface area (Å²) in [5.74, 6) is 0.555. The molecule has 3 heteroatoms. The van der Waals surface area contributed by atoms with Crippen molar-refractivity contribution in [3.8, 4) is 0 Å². The Bertz CT molecular complexity index is 451. The van der Waals surface area contributed by atoms with Gasteiger partial charge in [-0.3, -0.25) is 4.99 Å². The normalized spacial score (nSPS) is 19.1. The smallest absolute Gasteiger partial charge is 0.189 e. The van der Waals surface area contributed by atoms with Crippen LogP contribution in [0.15, 0.2) is 35.3 Å². The van der Waals surface area contributed by atoms with Gasteiger partial charge in [0.05, 0.1) is 6.54 Å². The molecule has 0 heterocycles. The van der Waals surface area contributed by atoms with Crippen molar-refractivity contribution in [1.82, 2.24) is 5.32 Å². The lowest BCUT2D eigenvalue weighted by molar-refractivity contribution is 0.449. The average Bonchev–Trinajstić information content (AvgIpc) is 2.85. The maximum Gasteiger partial charge on any atom is 0.189 e. The molecular weight excluding hydrogens is 246 g/mol. The molecule has 110 valence electrons. The molecule has 0 amide bonds. The summed E-state index contributed by atoms with van der Waals surface area (Å²) in [5, 5.41) is 3.24. The standard InChI is InChI=1S/C17H27N3/c1-16(2,3)20-15(18)19-13-17(11-7-8-12-17)14-9-5-4-6-10-14/h4-6,9-10H,7-8,11-13H2,1-3H3,(H3,18,19,20). The minimum atomic E-state index is -0.0385. The molecule has 3 N–H and O–H groups in total. The first-order valence-electron chi connectivity index (χ1n) is 7.55. The van der Waals surface area contributed by atoms with E-state index in [2.05, 4.69) is 61.4 Å². The van der Waals surface area contributed by atoms with Gasteiger partial charge in [0.25, 0.3) is 0 Å². The lowest BCUT2D eigenvalue weighted by Gasteiger charge is -2.28. The maximum absolute atomic E-state index is 6.01. The van der Waals surface area contributed by atoms with Crippen molar-refractivity contribution in [2.75, 3.05) is 6.54 Å². The molecule has 1 aliphatic rings. The summed E-state index contributed by atoms with van der Waals surface area (Å²) in [6, 6.07) is 10.8. The van der Waals surface area contributed by atoms with E-state index in [4.69, 9.17) is 5.73 Å². The lowest BCUT2D eigenvalue weighted by Crippen LogP contribution is -2.45. The molecule has 0 aromatic heterocycles. The minimum absolute atomic E-state index is 0.0385. The van der Waals surface area contributed by atoms with Crippen LogP contribution in [0.4, 0.5) is 0 Å². The number of nitrogens with two attached hydrogens (primary N) is 1. The molecule has 0 radical (unpaired) electrons. The van der Waals surface area contributed by atoms with E-state index in [0.29, 0.717) is 5.96 Å². The van der Waals surface area contributed by atoms with E-state index in [0.717, 1.165) is 6.54 Å². The highest BCUT2D eigenvalue weighted by Gasteiger charge is 2.35. The third-order valence-electron chi connectivity index (χ3n) is 4.00. The van der Waals surface area contributed by atoms with Gasteiger partial charge in [0.2, 0.25) is 0 Å². The molecule has 0 saturated heterocycles. The molecule has 0 unspecified atom stereocenters. The predicted molar refractivity (Wildman–Crippen MR) is 86.0 cm³/mol. The summed E-state index contributed by atoms with van der Waals surface area (Å²) in [6.07, 6.45) is 5.00. The number of rotatable bonds is 3. The van der Waals surface area contributed by atoms with Crippen molar-refractivity contribution >= 4 is 5.96 Å². The van der Waals surface area contributed by atoms with Crippen molar-refractivity contribution in [3.63, 3.8) is 0 Å². The Morgan fingerprint density at radius 2 is 1.80 bits per heavy atom. The number of benzene rings is 1. The van der Waals surface area contributed by atoms with E-state index in [1.54, 1.807) is 0 Å². The van der Waals surface area contributed by atoms with Gasteiger partial charge in [-0.2, -0.15) is 0 Å². The summed E-state index contributed by atoms with van der Waals surface area (Å²) in [5.41, 5.74) is 7.57. The van der Waals surface area contributed by atoms with Gasteiger partial charge in [0.15, 0.2) is 5.96 Å². The summed E-state index contributed by atoms with van der Waals surface area (Å²) in [7, 11) is 0. The largest absolute Gasteiger partial charge is 0.370 e. The topological polar surface area (TPSA) is 50.4 Å². The van der Waals surface area contributed by atoms with E-state index in [-0.39, 0.29) is 11.0 Å². The van der Waals surface area contributed by atoms with Gasteiger partial charge >= 0.3 is 0 Å². The second-order valence-corrected chi connectivity index (χ2v) is 6.93. The van der Waals surface area contributed by atoms with Gasteiger partial charge in [-0.05, 0) is 39.2 Å². The van der Waals surface area contributed by atoms with E-state index < -0.39 is 0 Å². The Morgan fingerprint density at radius 3 is 2.35 bits per heavy atom. The van der Waals surface area contributed by atoms with Crippen molar-refractivity contribution in [2.24, 2.45) is 10.7 Å². The van der Waals surface area contributed by atoms with E-state index >= 15 is 0 Å². The van der Waals surface area contributed by atoms with Crippen molar-refractivity contribution in [3.05, 3.63) is 35.9 Å². The van der Waals surface area contributed by atoms with Gasteiger partial charge in [0, 0.05) is 11.0 Å². The van der Waals surface area contributed by atoms with E-state index in [1.807, 2.05) is 0 Å². The molecule has 2 rings (SSSR count). The zero-order chi connectivity index (χ0) is 14.6. The van der Waals surface area contributed by atoms with Crippen molar-refractivity contribution < 1.29 is 0 Å². The molecule has 1 fully saturated rings. The molecule has 1 aliphatic carbocycles. The van der Waals surface area contributed by atoms with Crippen LogP contribution in [0, 0.1) is 0 Å². The van der Waals surface area contributed by atoms with Crippen LogP contribution >= 0.6 is 0 Å². The number of nitrogens with zero attached hydrogens (tertiary/aromatic N) is 1. The Labute approximate surface area is 122 Å².